The molecular formula is C18H14F2N4O2. The van der Waals surface area contributed by atoms with E-state index < -0.39 is 18.6 Å². The Labute approximate surface area is 146 Å². The molecule has 0 fully saturated rings. The Kier molecular flexibility index (Phi) is 3.87. The fraction of sp³-hybridized carbons (Fsp3) is 0.167. The third kappa shape index (κ3) is 2.69. The zero-order valence-corrected chi connectivity index (χ0v) is 13.7. The number of hydrogen-bond donors (Lipinski definition) is 1. The maximum Gasteiger partial charge on any atom is 0.338 e. The number of alkyl halides is 2. The zero-order valence-electron chi connectivity index (χ0n) is 13.7. The number of imidazole rings is 1. The second-order valence-corrected chi connectivity index (χ2v) is 5.83. The van der Waals surface area contributed by atoms with Crippen LogP contribution in [0.3, 0.4) is 0 Å². The number of esters is 1. The summed E-state index contributed by atoms with van der Waals surface area (Å²) in [6.45, 7) is -1.27. The van der Waals surface area contributed by atoms with Crippen LogP contribution >= 0.6 is 0 Å². The average molecular weight is 356 g/mol. The Morgan fingerprint density at radius 3 is 2.85 bits per heavy atom. The Morgan fingerprint density at radius 2 is 2.04 bits per heavy atom. The van der Waals surface area contributed by atoms with E-state index in [9.17, 15) is 13.6 Å². The maximum absolute atomic E-state index is 13.5. The molecule has 1 atom stereocenters. The molecule has 6 nitrogen and oxygen atoms in total. The highest BCUT2D eigenvalue weighted by Gasteiger charge is 2.24. The van der Waals surface area contributed by atoms with Gasteiger partial charge in [-0.15, -0.1) is 0 Å². The van der Waals surface area contributed by atoms with Gasteiger partial charge in [0.25, 0.3) is 0 Å². The first-order valence-corrected chi connectivity index (χ1v) is 7.93. The summed E-state index contributed by atoms with van der Waals surface area (Å²) in [7, 11) is 0. The van der Waals surface area contributed by atoms with E-state index in [4.69, 9.17) is 4.74 Å². The predicted octanol–water partition coefficient (Wildman–Crippen LogP) is 4.23. The van der Waals surface area contributed by atoms with Crippen molar-refractivity contribution >= 4 is 27.9 Å². The predicted molar refractivity (Wildman–Crippen MR) is 90.9 cm³/mol. The minimum absolute atomic E-state index is 0.000982. The molecular weight excluding hydrogens is 342 g/mol. The molecule has 0 radical (unpaired) electrons. The van der Waals surface area contributed by atoms with E-state index in [2.05, 4.69) is 15.2 Å². The highest BCUT2D eigenvalue weighted by molar-refractivity contribution is 5.94. The first kappa shape index (κ1) is 16.2. The molecule has 1 unspecified atom stereocenters. The molecule has 2 heterocycles. The average Bonchev–Trinajstić information content (AvgIpc) is 3.25. The van der Waals surface area contributed by atoms with Gasteiger partial charge in [-0.2, -0.15) is 13.9 Å². The van der Waals surface area contributed by atoms with Gasteiger partial charge in [-0.05, 0) is 37.3 Å². The van der Waals surface area contributed by atoms with Gasteiger partial charge in [-0.3, -0.25) is 9.67 Å². The number of ether oxygens (including phenoxy) is 1. The topological polar surface area (TPSA) is 72.8 Å². The molecule has 0 spiro atoms. The number of nitrogens with zero attached hydrogens (tertiary/aromatic N) is 3. The van der Waals surface area contributed by atoms with Crippen molar-refractivity contribution in [3.63, 3.8) is 0 Å². The van der Waals surface area contributed by atoms with Gasteiger partial charge in [0.05, 0.1) is 28.3 Å². The van der Waals surface area contributed by atoms with E-state index in [0.717, 1.165) is 15.5 Å². The lowest BCUT2D eigenvalue weighted by atomic mass is 10.1. The molecule has 0 saturated heterocycles. The number of H-pyrrole nitrogens is 1. The molecule has 0 saturated carbocycles. The number of aromatic nitrogens is 4. The van der Waals surface area contributed by atoms with E-state index >= 15 is 0 Å². The molecule has 1 N–H and O–H groups in total. The number of nitrogens with one attached hydrogen (secondary N) is 1. The lowest BCUT2D eigenvalue weighted by Gasteiger charge is -2.15. The van der Waals surface area contributed by atoms with Gasteiger partial charge in [0.2, 0.25) is 0 Å². The largest absolute Gasteiger partial charge is 0.451 e. The van der Waals surface area contributed by atoms with Crippen molar-refractivity contribution in [1.29, 1.82) is 0 Å². The summed E-state index contributed by atoms with van der Waals surface area (Å²) in [5, 5.41) is 7.44. The summed E-state index contributed by atoms with van der Waals surface area (Å²) < 4.78 is 33.2. The number of hydrogen-bond acceptors (Lipinski definition) is 4. The van der Waals surface area contributed by atoms with Gasteiger partial charge in [-0.25, -0.2) is 9.78 Å². The van der Waals surface area contributed by atoms with Crippen molar-refractivity contribution in [1.82, 2.24) is 19.7 Å². The molecule has 2 aromatic heterocycles. The number of carbonyl (C=O) groups is 1. The lowest BCUT2D eigenvalue weighted by Crippen LogP contribution is -2.14. The Balaban J connectivity index is 1.65. The van der Waals surface area contributed by atoms with Gasteiger partial charge in [-0.1, -0.05) is 12.1 Å². The normalized spacial score (nSPS) is 12.8. The van der Waals surface area contributed by atoms with Crippen molar-refractivity contribution in [3.8, 4) is 0 Å². The molecule has 8 heteroatoms. The summed E-state index contributed by atoms with van der Waals surface area (Å²) in [5.41, 5.74) is 1.81. The van der Waals surface area contributed by atoms with Crippen molar-refractivity contribution in [2.24, 2.45) is 0 Å². The molecule has 0 bridgehead atoms. The SMILES string of the molecule is CC(OC(=O)c1ccc2[nH]ncc2c1)c1nc2ccccc2n1C(F)F. The minimum atomic E-state index is -2.79. The highest BCUT2D eigenvalue weighted by Crippen LogP contribution is 2.28. The summed E-state index contributed by atoms with van der Waals surface area (Å²) in [5.74, 6) is -0.618. The van der Waals surface area contributed by atoms with Crippen LogP contribution in [0.5, 0.6) is 0 Å². The molecule has 0 aliphatic rings. The number of rotatable bonds is 4. The van der Waals surface area contributed by atoms with Gasteiger partial charge in [0, 0.05) is 5.39 Å². The second kappa shape index (κ2) is 6.21. The van der Waals surface area contributed by atoms with Crippen molar-refractivity contribution in [2.75, 3.05) is 0 Å². The summed E-state index contributed by atoms with van der Waals surface area (Å²) in [6.07, 6.45) is 0.648. The summed E-state index contributed by atoms with van der Waals surface area (Å²) >= 11 is 0. The van der Waals surface area contributed by atoms with Crippen LogP contribution in [0.15, 0.2) is 48.7 Å². The van der Waals surface area contributed by atoms with Crippen LogP contribution in [-0.4, -0.2) is 25.7 Å². The van der Waals surface area contributed by atoms with E-state index in [0.29, 0.717) is 16.6 Å². The maximum atomic E-state index is 13.5. The molecule has 0 aliphatic carbocycles. The standard InChI is InChI=1S/C18H14F2N4O2/c1-10(16-22-14-4-2-3-5-15(14)24(16)18(19)20)26-17(25)11-6-7-13-12(8-11)9-21-23-13/h2-10,18H,1H3,(H,21,23). The van der Waals surface area contributed by atoms with Crippen molar-refractivity contribution in [3.05, 3.63) is 60.0 Å². The van der Waals surface area contributed by atoms with Crippen LogP contribution in [0.4, 0.5) is 8.78 Å². The zero-order chi connectivity index (χ0) is 18.3. The summed E-state index contributed by atoms with van der Waals surface area (Å²) in [6, 6.07) is 11.5. The quantitative estimate of drug-likeness (QED) is 0.556. The Bertz CT molecular complexity index is 1100. The first-order valence-electron chi connectivity index (χ1n) is 7.93. The fourth-order valence-electron chi connectivity index (χ4n) is 2.91. The third-order valence-corrected chi connectivity index (χ3v) is 4.14. The van der Waals surface area contributed by atoms with Crippen LogP contribution in [-0.2, 0) is 4.74 Å². The minimum Gasteiger partial charge on any atom is -0.451 e. The van der Waals surface area contributed by atoms with Gasteiger partial charge in [0.15, 0.2) is 11.9 Å². The van der Waals surface area contributed by atoms with Crippen molar-refractivity contribution in [2.45, 2.75) is 19.6 Å². The molecule has 0 amide bonds. The highest BCUT2D eigenvalue weighted by atomic mass is 19.3. The fourth-order valence-corrected chi connectivity index (χ4v) is 2.91. The third-order valence-electron chi connectivity index (χ3n) is 4.14. The Hall–Kier alpha value is -3.29. The van der Waals surface area contributed by atoms with E-state index in [1.54, 1.807) is 48.7 Å². The second-order valence-electron chi connectivity index (χ2n) is 5.83. The van der Waals surface area contributed by atoms with Gasteiger partial charge >= 0.3 is 12.5 Å². The molecule has 0 aliphatic heterocycles. The molecule has 26 heavy (non-hydrogen) atoms. The number of aromatic amines is 1. The van der Waals surface area contributed by atoms with Gasteiger partial charge < -0.3 is 4.74 Å². The van der Waals surface area contributed by atoms with Crippen LogP contribution < -0.4 is 0 Å². The van der Waals surface area contributed by atoms with E-state index in [1.165, 1.54) is 6.92 Å². The summed E-state index contributed by atoms with van der Waals surface area (Å²) in [4.78, 5) is 16.6. The number of benzene rings is 2. The molecule has 2 aromatic carbocycles. The Morgan fingerprint density at radius 1 is 1.23 bits per heavy atom. The first-order chi connectivity index (χ1) is 12.5. The number of para-hydroxylation sites is 2. The molecule has 132 valence electrons. The molecule has 4 rings (SSSR count). The van der Waals surface area contributed by atoms with Crippen LogP contribution in [0.2, 0.25) is 0 Å². The number of fused-ring (bicyclic) bond motifs is 2. The van der Waals surface area contributed by atoms with Crippen LogP contribution in [0, 0.1) is 0 Å². The van der Waals surface area contributed by atoms with Crippen LogP contribution in [0.25, 0.3) is 21.9 Å². The van der Waals surface area contributed by atoms with E-state index in [1.807, 2.05) is 0 Å². The number of halogens is 2. The van der Waals surface area contributed by atoms with E-state index in [-0.39, 0.29) is 5.82 Å². The number of carbonyl (C=O) groups excluding carboxylic acids is 1. The monoisotopic (exact) mass is 356 g/mol. The smallest absolute Gasteiger partial charge is 0.338 e. The van der Waals surface area contributed by atoms with Crippen LogP contribution in [0.1, 0.15) is 35.8 Å². The van der Waals surface area contributed by atoms with Gasteiger partial charge in [0.1, 0.15) is 0 Å². The van der Waals surface area contributed by atoms with Crippen molar-refractivity contribution < 1.29 is 18.3 Å². The lowest BCUT2D eigenvalue weighted by molar-refractivity contribution is 0.0233. The molecule has 4 aromatic rings.